The average Bonchev–Trinajstić information content (AvgIpc) is 3.37. The molecule has 132 valence electrons. The molecule has 1 heterocycles. The molecule has 0 spiro atoms. The zero-order chi connectivity index (χ0) is 17.2. The second kappa shape index (κ2) is 7.01. The number of amides is 1. The molecule has 1 aliphatic carbocycles. The Bertz CT molecular complexity index is 579. The van der Waals surface area contributed by atoms with Crippen LogP contribution < -0.4 is 10.2 Å². The molecule has 1 saturated heterocycles. The SMILES string of the molecule is O=C(CN1CCN(c2cccc(C(F)(F)F)c2)CC1)NCC1CC1. The van der Waals surface area contributed by atoms with Gasteiger partial charge in [-0.25, -0.2) is 0 Å². The van der Waals surface area contributed by atoms with Crippen molar-refractivity contribution in [3.8, 4) is 0 Å². The highest BCUT2D eigenvalue weighted by atomic mass is 19.4. The third kappa shape index (κ3) is 4.63. The summed E-state index contributed by atoms with van der Waals surface area (Å²) in [5.41, 5.74) is -0.0375. The molecule has 1 N–H and O–H groups in total. The van der Waals surface area contributed by atoms with Gasteiger partial charge in [0.2, 0.25) is 5.91 Å². The highest BCUT2D eigenvalue weighted by Gasteiger charge is 2.31. The highest BCUT2D eigenvalue weighted by Crippen LogP contribution is 2.32. The average molecular weight is 341 g/mol. The maximum absolute atomic E-state index is 12.8. The number of carbonyl (C=O) groups excluding carboxylic acids is 1. The molecule has 7 heteroatoms. The van der Waals surface area contributed by atoms with Crippen LogP contribution >= 0.6 is 0 Å². The predicted octanol–water partition coefficient (Wildman–Crippen LogP) is 2.35. The Kier molecular flexibility index (Phi) is 4.99. The number of hydrogen-bond donors (Lipinski definition) is 1. The fraction of sp³-hybridized carbons (Fsp3) is 0.588. The van der Waals surface area contributed by atoms with E-state index in [0.29, 0.717) is 44.3 Å². The highest BCUT2D eigenvalue weighted by molar-refractivity contribution is 5.78. The molecule has 0 atom stereocenters. The van der Waals surface area contributed by atoms with Crippen LogP contribution in [0, 0.1) is 5.92 Å². The van der Waals surface area contributed by atoms with Gasteiger partial charge in [-0.1, -0.05) is 6.07 Å². The monoisotopic (exact) mass is 341 g/mol. The lowest BCUT2D eigenvalue weighted by atomic mass is 10.1. The molecule has 4 nitrogen and oxygen atoms in total. The molecule has 24 heavy (non-hydrogen) atoms. The van der Waals surface area contributed by atoms with Gasteiger partial charge < -0.3 is 10.2 Å². The van der Waals surface area contributed by atoms with Crippen LogP contribution in [0.1, 0.15) is 18.4 Å². The molecule has 0 unspecified atom stereocenters. The van der Waals surface area contributed by atoms with Gasteiger partial charge in [0.25, 0.3) is 0 Å². The number of nitrogens with one attached hydrogen (secondary N) is 1. The Morgan fingerprint density at radius 2 is 1.88 bits per heavy atom. The third-order valence-corrected chi connectivity index (χ3v) is 4.56. The van der Waals surface area contributed by atoms with E-state index in [1.54, 1.807) is 6.07 Å². The van der Waals surface area contributed by atoms with Crippen molar-refractivity contribution in [3.05, 3.63) is 29.8 Å². The molecule has 1 aromatic rings. The molecular formula is C17H22F3N3O. The van der Waals surface area contributed by atoms with E-state index >= 15 is 0 Å². The summed E-state index contributed by atoms with van der Waals surface area (Å²) in [7, 11) is 0. The Morgan fingerprint density at radius 3 is 2.50 bits per heavy atom. The largest absolute Gasteiger partial charge is 0.416 e. The number of carbonyl (C=O) groups is 1. The maximum atomic E-state index is 12.8. The number of benzene rings is 1. The molecule has 1 aliphatic heterocycles. The minimum Gasteiger partial charge on any atom is -0.369 e. The number of piperazine rings is 1. The minimum atomic E-state index is -4.32. The van der Waals surface area contributed by atoms with Gasteiger partial charge in [0.05, 0.1) is 12.1 Å². The zero-order valence-electron chi connectivity index (χ0n) is 13.5. The van der Waals surface area contributed by atoms with Crippen molar-refractivity contribution < 1.29 is 18.0 Å². The van der Waals surface area contributed by atoms with Crippen molar-refractivity contribution in [2.75, 3.05) is 44.2 Å². The lowest BCUT2D eigenvalue weighted by Crippen LogP contribution is -2.49. The molecule has 0 aromatic heterocycles. The summed E-state index contributed by atoms with van der Waals surface area (Å²) in [6.45, 7) is 3.72. The summed E-state index contributed by atoms with van der Waals surface area (Å²) in [5.74, 6) is 0.695. The molecule has 2 aliphatic rings. The molecule has 1 aromatic carbocycles. The van der Waals surface area contributed by atoms with Crippen molar-refractivity contribution in [3.63, 3.8) is 0 Å². The van der Waals surface area contributed by atoms with Crippen LogP contribution in [0.5, 0.6) is 0 Å². The lowest BCUT2D eigenvalue weighted by molar-refractivity contribution is -0.137. The van der Waals surface area contributed by atoms with E-state index in [0.717, 1.165) is 12.6 Å². The van der Waals surface area contributed by atoms with Gasteiger partial charge >= 0.3 is 6.18 Å². The van der Waals surface area contributed by atoms with Crippen molar-refractivity contribution in [2.45, 2.75) is 19.0 Å². The second-order valence-electron chi connectivity index (χ2n) is 6.56. The number of nitrogens with zero attached hydrogens (tertiary/aromatic N) is 2. The van der Waals surface area contributed by atoms with Gasteiger partial charge in [0.15, 0.2) is 0 Å². The van der Waals surface area contributed by atoms with Crippen LogP contribution in [0.15, 0.2) is 24.3 Å². The first-order chi connectivity index (χ1) is 11.4. The first-order valence-corrected chi connectivity index (χ1v) is 8.33. The number of rotatable bonds is 5. The van der Waals surface area contributed by atoms with Crippen LogP contribution in [0.25, 0.3) is 0 Å². The Balaban J connectivity index is 1.48. The van der Waals surface area contributed by atoms with Gasteiger partial charge in [-0.05, 0) is 37.0 Å². The summed E-state index contributed by atoms with van der Waals surface area (Å²) in [4.78, 5) is 15.8. The Morgan fingerprint density at radius 1 is 1.17 bits per heavy atom. The molecular weight excluding hydrogens is 319 g/mol. The first kappa shape index (κ1) is 17.1. The van der Waals surface area contributed by atoms with Crippen LogP contribution in [0.3, 0.4) is 0 Å². The lowest BCUT2D eigenvalue weighted by Gasteiger charge is -2.36. The Labute approximate surface area is 139 Å². The molecule has 0 bridgehead atoms. The van der Waals surface area contributed by atoms with Crippen LogP contribution in [0.2, 0.25) is 0 Å². The summed E-state index contributed by atoms with van der Waals surface area (Å²) >= 11 is 0. The number of alkyl halides is 3. The van der Waals surface area contributed by atoms with Gasteiger partial charge in [-0.15, -0.1) is 0 Å². The van der Waals surface area contributed by atoms with E-state index in [-0.39, 0.29) is 5.91 Å². The number of hydrogen-bond acceptors (Lipinski definition) is 3. The van der Waals surface area contributed by atoms with Crippen molar-refractivity contribution in [1.29, 1.82) is 0 Å². The molecule has 0 radical (unpaired) electrons. The van der Waals surface area contributed by atoms with E-state index in [1.165, 1.54) is 25.0 Å². The molecule has 1 saturated carbocycles. The summed E-state index contributed by atoms with van der Waals surface area (Å²) in [6, 6.07) is 5.42. The zero-order valence-corrected chi connectivity index (χ0v) is 13.5. The second-order valence-corrected chi connectivity index (χ2v) is 6.56. The fourth-order valence-corrected chi connectivity index (χ4v) is 2.88. The standard InChI is InChI=1S/C17H22F3N3O/c18-17(19,20)14-2-1-3-15(10-14)23-8-6-22(7-9-23)12-16(24)21-11-13-4-5-13/h1-3,10,13H,4-9,11-12H2,(H,21,24). The molecule has 3 rings (SSSR count). The number of halogens is 3. The number of anilines is 1. The van der Waals surface area contributed by atoms with Crippen molar-refractivity contribution >= 4 is 11.6 Å². The van der Waals surface area contributed by atoms with Crippen molar-refractivity contribution in [2.24, 2.45) is 5.92 Å². The van der Waals surface area contributed by atoms with Crippen LogP contribution in [-0.4, -0.2) is 50.1 Å². The topological polar surface area (TPSA) is 35.6 Å². The van der Waals surface area contributed by atoms with Gasteiger partial charge in [-0.3, -0.25) is 9.69 Å². The van der Waals surface area contributed by atoms with Crippen molar-refractivity contribution in [1.82, 2.24) is 10.2 Å². The van der Waals surface area contributed by atoms with Crippen LogP contribution in [0.4, 0.5) is 18.9 Å². The van der Waals surface area contributed by atoms with Gasteiger partial charge in [-0.2, -0.15) is 13.2 Å². The predicted molar refractivity (Wildman–Crippen MR) is 85.8 cm³/mol. The van der Waals surface area contributed by atoms with E-state index in [2.05, 4.69) is 5.32 Å². The normalized spacial score (nSPS) is 19.4. The van der Waals surface area contributed by atoms with E-state index in [1.807, 2.05) is 9.80 Å². The Hall–Kier alpha value is -1.76. The third-order valence-electron chi connectivity index (χ3n) is 4.56. The summed E-state index contributed by atoms with van der Waals surface area (Å²) in [5, 5.41) is 2.94. The first-order valence-electron chi connectivity index (χ1n) is 8.33. The van der Waals surface area contributed by atoms with Crippen LogP contribution in [-0.2, 0) is 11.0 Å². The molecule has 1 amide bonds. The summed E-state index contributed by atoms with van der Waals surface area (Å²) < 4.78 is 38.4. The smallest absolute Gasteiger partial charge is 0.369 e. The molecule has 2 fully saturated rings. The summed E-state index contributed by atoms with van der Waals surface area (Å²) in [6.07, 6.45) is -1.91. The van der Waals surface area contributed by atoms with E-state index < -0.39 is 11.7 Å². The van der Waals surface area contributed by atoms with Gasteiger partial charge in [0.1, 0.15) is 0 Å². The van der Waals surface area contributed by atoms with E-state index in [9.17, 15) is 18.0 Å². The van der Waals surface area contributed by atoms with Gasteiger partial charge in [0, 0.05) is 38.4 Å². The quantitative estimate of drug-likeness (QED) is 0.893. The fourth-order valence-electron chi connectivity index (χ4n) is 2.88. The van der Waals surface area contributed by atoms with E-state index in [4.69, 9.17) is 0 Å². The maximum Gasteiger partial charge on any atom is 0.416 e. The minimum absolute atomic E-state index is 0.0365.